The van der Waals surface area contributed by atoms with Crippen LogP contribution in [0.5, 0.6) is 0 Å². The van der Waals surface area contributed by atoms with Crippen molar-refractivity contribution in [3.63, 3.8) is 0 Å². The van der Waals surface area contributed by atoms with Gasteiger partial charge in [0.1, 0.15) is 6.61 Å². The predicted molar refractivity (Wildman–Crippen MR) is 35.4 cm³/mol. The Bertz CT molecular complexity index is 144. The molecule has 0 aliphatic heterocycles. The Morgan fingerprint density at radius 3 is 2.80 bits per heavy atom. The number of ether oxygens (including phenoxy) is 1. The second-order valence-corrected chi connectivity index (χ2v) is 1.58. The second-order valence-electron chi connectivity index (χ2n) is 1.58. The molecule has 0 aromatic heterocycles. The fourth-order valence-electron chi connectivity index (χ4n) is 0.275. The molecule has 0 aromatic carbocycles. The van der Waals surface area contributed by atoms with E-state index in [0.29, 0.717) is 6.41 Å². The number of rotatable bonds is 3. The number of hydrogen-bond acceptors (Lipinski definition) is 3. The first-order chi connectivity index (χ1) is 4.72. The lowest BCUT2D eigenvalue weighted by Gasteiger charge is -2.06. The summed E-state index contributed by atoms with van der Waals surface area (Å²) >= 11 is 0. The minimum Gasteiger partial charge on any atom is -0.445 e. The lowest BCUT2D eigenvalue weighted by Crippen LogP contribution is -2.25. The Morgan fingerprint density at radius 2 is 2.40 bits per heavy atom. The molecule has 0 bridgehead atoms. The maximum Gasteiger partial charge on any atom is 0.416 e. The van der Waals surface area contributed by atoms with E-state index in [9.17, 15) is 9.59 Å². The van der Waals surface area contributed by atoms with Crippen molar-refractivity contribution in [3.8, 4) is 0 Å². The van der Waals surface area contributed by atoms with Crippen LogP contribution in [0.25, 0.3) is 0 Å². The Kier molecular flexibility index (Phi) is 3.95. The highest BCUT2D eigenvalue weighted by Crippen LogP contribution is 1.85. The van der Waals surface area contributed by atoms with Crippen molar-refractivity contribution >= 4 is 12.5 Å². The molecule has 0 saturated heterocycles. The zero-order chi connectivity index (χ0) is 7.98. The van der Waals surface area contributed by atoms with Crippen LogP contribution >= 0.6 is 0 Å². The van der Waals surface area contributed by atoms with Crippen LogP contribution in [0.4, 0.5) is 4.79 Å². The van der Waals surface area contributed by atoms with Gasteiger partial charge in [0.2, 0.25) is 6.41 Å². The Morgan fingerprint density at radius 1 is 1.80 bits per heavy atom. The molecule has 0 N–H and O–H groups in total. The smallest absolute Gasteiger partial charge is 0.416 e. The Hall–Kier alpha value is -1.32. The SMILES string of the molecule is C=CCOC(=O)N(C)C=O. The molecule has 56 valence electrons. The van der Waals surface area contributed by atoms with Gasteiger partial charge >= 0.3 is 6.09 Å². The van der Waals surface area contributed by atoms with Gasteiger partial charge in [-0.2, -0.15) is 0 Å². The summed E-state index contributed by atoms with van der Waals surface area (Å²) in [6.07, 6.45) is 1.14. The van der Waals surface area contributed by atoms with Crippen LogP contribution in [0, 0.1) is 0 Å². The van der Waals surface area contributed by atoms with E-state index >= 15 is 0 Å². The molecule has 0 spiro atoms. The van der Waals surface area contributed by atoms with Gasteiger partial charge in [0.15, 0.2) is 0 Å². The highest BCUT2D eigenvalue weighted by Gasteiger charge is 2.05. The van der Waals surface area contributed by atoms with Crippen LogP contribution in [-0.2, 0) is 9.53 Å². The van der Waals surface area contributed by atoms with Crippen molar-refractivity contribution in [3.05, 3.63) is 12.7 Å². The molecule has 10 heavy (non-hydrogen) atoms. The molecule has 0 atom stereocenters. The molecule has 0 radical (unpaired) electrons. The van der Waals surface area contributed by atoms with E-state index in [1.54, 1.807) is 0 Å². The van der Waals surface area contributed by atoms with Gasteiger partial charge in [-0.15, -0.1) is 0 Å². The Balaban J connectivity index is 3.61. The lowest BCUT2D eigenvalue weighted by atomic mass is 10.7. The molecular weight excluding hydrogens is 134 g/mol. The zero-order valence-corrected chi connectivity index (χ0v) is 5.74. The van der Waals surface area contributed by atoms with Crippen LogP contribution < -0.4 is 0 Å². The number of amides is 2. The maximum absolute atomic E-state index is 10.6. The number of hydrogen-bond donors (Lipinski definition) is 0. The second kappa shape index (κ2) is 4.55. The highest BCUT2D eigenvalue weighted by atomic mass is 16.6. The zero-order valence-electron chi connectivity index (χ0n) is 5.74. The van der Waals surface area contributed by atoms with Crippen molar-refractivity contribution in [2.45, 2.75) is 0 Å². The molecule has 0 aliphatic carbocycles. The van der Waals surface area contributed by atoms with Crippen LogP contribution in [0.15, 0.2) is 12.7 Å². The summed E-state index contributed by atoms with van der Waals surface area (Å²) in [5.74, 6) is 0. The molecule has 2 amide bonds. The number of carbonyl (C=O) groups is 2. The van der Waals surface area contributed by atoms with E-state index in [0.717, 1.165) is 4.90 Å². The van der Waals surface area contributed by atoms with Crippen LogP contribution in [0.3, 0.4) is 0 Å². The number of nitrogens with zero attached hydrogens (tertiary/aromatic N) is 1. The monoisotopic (exact) mass is 143 g/mol. The largest absolute Gasteiger partial charge is 0.445 e. The van der Waals surface area contributed by atoms with E-state index < -0.39 is 6.09 Å². The van der Waals surface area contributed by atoms with E-state index in [4.69, 9.17) is 0 Å². The summed E-state index contributed by atoms with van der Waals surface area (Å²) in [5, 5.41) is 0. The van der Waals surface area contributed by atoms with Crippen molar-refractivity contribution in [1.82, 2.24) is 4.90 Å². The third-order valence-corrected chi connectivity index (χ3v) is 0.771. The fourth-order valence-corrected chi connectivity index (χ4v) is 0.275. The summed E-state index contributed by atoms with van der Waals surface area (Å²) in [4.78, 5) is 21.3. The fraction of sp³-hybridized carbons (Fsp3) is 0.333. The maximum atomic E-state index is 10.6. The molecule has 0 aliphatic rings. The third kappa shape index (κ3) is 2.86. The number of imide groups is 1. The normalized spacial score (nSPS) is 8.10. The van der Waals surface area contributed by atoms with Crippen molar-refractivity contribution in [2.75, 3.05) is 13.7 Å². The first-order valence-electron chi connectivity index (χ1n) is 2.68. The van der Waals surface area contributed by atoms with Gasteiger partial charge in [-0.05, 0) is 0 Å². The van der Waals surface area contributed by atoms with E-state index in [-0.39, 0.29) is 6.61 Å². The lowest BCUT2D eigenvalue weighted by molar-refractivity contribution is -0.115. The van der Waals surface area contributed by atoms with Crippen LogP contribution in [0.1, 0.15) is 0 Å². The van der Waals surface area contributed by atoms with E-state index in [1.807, 2.05) is 0 Å². The van der Waals surface area contributed by atoms with Crippen molar-refractivity contribution in [2.24, 2.45) is 0 Å². The standard InChI is InChI=1S/C6H9NO3/c1-3-4-10-6(9)7(2)5-8/h3,5H,1,4H2,2H3. The molecular formula is C6H9NO3. The molecule has 4 heteroatoms. The molecule has 0 rings (SSSR count). The summed E-state index contributed by atoms with van der Waals surface area (Å²) in [6, 6.07) is 0. The van der Waals surface area contributed by atoms with Gasteiger partial charge in [0.25, 0.3) is 0 Å². The van der Waals surface area contributed by atoms with E-state index in [1.165, 1.54) is 13.1 Å². The minimum absolute atomic E-state index is 0.122. The summed E-state index contributed by atoms with van der Waals surface area (Å²) in [5.41, 5.74) is 0. The summed E-state index contributed by atoms with van der Waals surface area (Å²) in [6.45, 7) is 3.46. The molecule has 0 saturated carbocycles. The van der Waals surface area contributed by atoms with Gasteiger partial charge in [-0.25, -0.2) is 4.79 Å². The van der Waals surface area contributed by atoms with Gasteiger partial charge in [-0.1, -0.05) is 12.7 Å². The molecule has 4 nitrogen and oxygen atoms in total. The van der Waals surface area contributed by atoms with Crippen LogP contribution in [0.2, 0.25) is 0 Å². The summed E-state index contributed by atoms with van der Waals surface area (Å²) < 4.78 is 4.48. The predicted octanol–water partition coefficient (Wildman–Crippen LogP) is 0.397. The Labute approximate surface area is 59.1 Å². The average molecular weight is 143 g/mol. The molecule has 0 heterocycles. The highest BCUT2D eigenvalue weighted by molar-refractivity contribution is 5.79. The number of carbonyl (C=O) groups excluding carboxylic acids is 2. The van der Waals surface area contributed by atoms with E-state index in [2.05, 4.69) is 11.3 Å². The van der Waals surface area contributed by atoms with Gasteiger partial charge in [0, 0.05) is 7.05 Å². The van der Waals surface area contributed by atoms with Gasteiger partial charge < -0.3 is 4.74 Å². The average Bonchev–Trinajstić information content (AvgIpc) is 1.98. The minimum atomic E-state index is -0.671. The molecule has 0 aromatic rings. The third-order valence-electron chi connectivity index (χ3n) is 0.771. The van der Waals surface area contributed by atoms with Crippen molar-refractivity contribution in [1.29, 1.82) is 0 Å². The van der Waals surface area contributed by atoms with Crippen molar-refractivity contribution < 1.29 is 14.3 Å². The molecule has 0 unspecified atom stereocenters. The first-order valence-corrected chi connectivity index (χ1v) is 2.68. The summed E-state index contributed by atoms with van der Waals surface area (Å²) in [7, 11) is 1.32. The first kappa shape index (κ1) is 8.68. The van der Waals surface area contributed by atoms with Gasteiger partial charge in [0.05, 0.1) is 0 Å². The quantitative estimate of drug-likeness (QED) is 0.424. The van der Waals surface area contributed by atoms with Crippen LogP contribution in [-0.4, -0.2) is 31.1 Å². The van der Waals surface area contributed by atoms with Gasteiger partial charge in [-0.3, -0.25) is 9.69 Å². The molecule has 0 fully saturated rings. The topological polar surface area (TPSA) is 46.6 Å².